The van der Waals surface area contributed by atoms with Gasteiger partial charge in [0, 0.05) is 11.1 Å². The van der Waals surface area contributed by atoms with Crippen LogP contribution < -0.4 is 0 Å². The summed E-state index contributed by atoms with van der Waals surface area (Å²) in [7, 11) is 0. The van der Waals surface area contributed by atoms with Gasteiger partial charge < -0.3 is 5.11 Å². The zero-order chi connectivity index (χ0) is 11.6. The van der Waals surface area contributed by atoms with Crippen molar-refractivity contribution in [2.45, 2.75) is 6.43 Å². The van der Waals surface area contributed by atoms with Crippen molar-refractivity contribution in [3.8, 4) is 0 Å². The van der Waals surface area contributed by atoms with Gasteiger partial charge >= 0.3 is 5.97 Å². The van der Waals surface area contributed by atoms with E-state index in [9.17, 15) is 18.4 Å². The quantitative estimate of drug-likeness (QED) is 0.646. The fourth-order valence-corrected chi connectivity index (χ4v) is 1.24. The van der Waals surface area contributed by atoms with Crippen LogP contribution >= 0.6 is 11.6 Å². The van der Waals surface area contributed by atoms with Crippen molar-refractivity contribution in [1.29, 1.82) is 0 Å². The number of carboxylic acid groups (broad SMARTS) is 1. The summed E-state index contributed by atoms with van der Waals surface area (Å²) in [6, 6.07) is 2.81. The summed E-state index contributed by atoms with van der Waals surface area (Å²) in [5.41, 5.74) is -0.657. The zero-order valence-electron chi connectivity index (χ0n) is 7.21. The number of halogens is 3. The third kappa shape index (κ3) is 2.50. The highest BCUT2D eigenvalue weighted by molar-refractivity contribution is 6.45. The van der Waals surface area contributed by atoms with E-state index in [0.29, 0.717) is 0 Å². The van der Waals surface area contributed by atoms with Gasteiger partial charge in [0.15, 0.2) is 0 Å². The molecule has 1 rings (SSSR count). The fraction of sp³-hybridized carbons (Fsp3) is 0.111. The Balaban J connectivity index is 3.14. The molecule has 0 unspecified atom stereocenters. The summed E-state index contributed by atoms with van der Waals surface area (Å²) in [5.74, 6) is -2.90. The molecule has 0 aromatic heterocycles. The lowest BCUT2D eigenvalue weighted by molar-refractivity contribution is -0.131. The van der Waals surface area contributed by atoms with Crippen molar-refractivity contribution in [3.63, 3.8) is 0 Å². The summed E-state index contributed by atoms with van der Waals surface area (Å²) in [6.45, 7) is 0. The van der Waals surface area contributed by atoms with Crippen molar-refractivity contribution in [3.05, 3.63) is 34.3 Å². The Labute approximate surface area is 88.3 Å². The molecule has 0 amide bonds. The summed E-state index contributed by atoms with van der Waals surface area (Å²) < 4.78 is 24.4. The second kappa shape index (κ2) is 4.35. The van der Waals surface area contributed by atoms with E-state index < -0.39 is 18.2 Å². The molecule has 0 radical (unpaired) electrons. The maximum atomic E-state index is 12.2. The largest absolute Gasteiger partial charge is 0.475 e. The van der Waals surface area contributed by atoms with Crippen molar-refractivity contribution in [2.24, 2.45) is 0 Å². The summed E-state index contributed by atoms with van der Waals surface area (Å²) in [6.07, 6.45) is -2.71. The number of carbonyl (C=O) groups is 2. The van der Waals surface area contributed by atoms with Gasteiger partial charge in [0.05, 0.1) is 5.02 Å². The Bertz CT molecular complexity index is 418. The van der Waals surface area contributed by atoms with Crippen LogP contribution in [0.3, 0.4) is 0 Å². The van der Waals surface area contributed by atoms with Crippen molar-refractivity contribution in [1.82, 2.24) is 0 Å². The Morgan fingerprint density at radius 3 is 2.33 bits per heavy atom. The number of alkyl halides is 2. The van der Waals surface area contributed by atoms with Gasteiger partial charge in [0.1, 0.15) is 0 Å². The van der Waals surface area contributed by atoms with E-state index >= 15 is 0 Å². The molecule has 0 bridgehead atoms. The minimum absolute atomic E-state index is 0.291. The van der Waals surface area contributed by atoms with Crippen LogP contribution in [0.15, 0.2) is 18.2 Å². The SMILES string of the molecule is O=C(O)C(=O)c1ccc(C(F)F)cc1Cl. The normalized spacial score (nSPS) is 10.4. The highest BCUT2D eigenvalue weighted by atomic mass is 35.5. The first-order chi connectivity index (χ1) is 6.93. The van der Waals surface area contributed by atoms with Crippen LogP contribution in [0.5, 0.6) is 0 Å². The predicted molar refractivity (Wildman–Crippen MR) is 48.4 cm³/mol. The number of ketones is 1. The third-order valence-electron chi connectivity index (χ3n) is 1.68. The zero-order valence-corrected chi connectivity index (χ0v) is 7.96. The minimum Gasteiger partial charge on any atom is -0.475 e. The molecule has 0 spiro atoms. The lowest BCUT2D eigenvalue weighted by atomic mass is 10.1. The molecule has 6 heteroatoms. The standard InChI is InChI=1S/C9H5ClF2O3/c10-6-3-4(8(11)12)1-2-5(6)7(13)9(14)15/h1-3,8H,(H,14,15). The molecular formula is C9H5ClF2O3. The topological polar surface area (TPSA) is 54.4 Å². The van der Waals surface area contributed by atoms with Gasteiger partial charge in [-0.05, 0) is 12.1 Å². The van der Waals surface area contributed by atoms with Gasteiger partial charge in [0.2, 0.25) is 0 Å². The number of carboxylic acids is 1. The van der Waals surface area contributed by atoms with E-state index in [2.05, 4.69) is 0 Å². The number of hydrogen-bond acceptors (Lipinski definition) is 2. The van der Waals surface area contributed by atoms with Crippen molar-refractivity contribution >= 4 is 23.4 Å². The molecule has 0 aliphatic heterocycles. The lowest BCUT2D eigenvalue weighted by Crippen LogP contribution is -2.13. The smallest absolute Gasteiger partial charge is 0.377 e. The predicted octanol–water partition coefficient (Wildman–Crippen LogP) is 2.54. The number of hydrogen-bond donors (Lipinski definition) is 1. The molecule has 1 aromatic rings. The van der Waals surface area contributed by atoms with Gasteiger partial charge in [-0.15, -0.1) is 0 Å². The molecular weight excluding hydrogens is 230 g/mol. The Morgan fingerprint density at radius 1 is 1.33 bits per heavy atom. The van der Waals surface area contributed by atoms with Crippen LogP contribution in [0.1, 0.15) is 22.3 Å². The van der Waals surface area contributed by atoms with Crippen molar-refractivity contribution in [2.75, 3.05) is 0 Å². The van der Waals surface area contributed by atoms with Gasteiger partial charge in [-0.1, -0.05) is 17.7 Å². The first kappa shape index (κ1) is 11.6. The van der Waals surface area contributed by atoms with Crippen LogP contribution in [0.2, 0.25) is 5.02 Å². The maximum Gasteiger partial charge on any atom is 0.377 e. The molecule has 0 atom stereocenters. The van der Waals surface area contributed by atoms with E-state index in [0.717, 1.165) is 18.2 Å². The average molecular weight is 235 g/mol. The van der Waals surface area contributed by atoms with E-state index in [1.807, 2.05) is 0 Å². The number of aliphatic carboxylic acids is 1. The molecule has 80 valence electrons. The number of carbonyl (C=O) groups excluding carboxylic acids is 1. The average Bonchev–Trinajstić information content (AvgIpc) is 2.16. The molecule has 0 saturated heterocycles. The molecule has 0 saturated carbocycles. The fourth-order valence-electron chi connectivity index (χ4n) is 0.966. The number of rotatable bonds is 3. The van der Waals surface area contributed by atoms with E-state index in [4.69, 9.17) is 16.7 Å². The van der Waals surface area contributed by atoms with Crippen molar-refractivity contribution < 1.29 is 23.5 Å². The molecule has 15 heavy (non-hydrogen) atoms. The Hall–Kier alpha value is -1.49. The highest BCUT2D eigenvalue weighted by Gasteiger charge is 2.19. The third-order valence-corrected chi connectivity index (χ3v) is 2.00. The molecule has 0 aliphatic carbocycles. The van der Waals surface area contributed by atoms with Crippen LogP contribution in [0, 0.1) is 0 Å². The molecule has 0 heterocycles. The van der Waals surface area contributed by atoms with Gasteiger partial charge in [-0.3, -0.25) is 4.79 Å². The first-order valence-electron chi connectivity index (χ1n) is 3.78. The molecule has 0 fully saturated rings. The number of Topliss-reactive ketones (excluding diaryl/α,β-unsaturated/α-hetero) is 1. The second-order valence-corrected chi connectivity index (χ2v) is 3.08. The van der Waals surface area contributed by atoms with Crippen LogP contribution in [0.25, 0.3) is 0 Å². The van der Waals surface area contributed by atoms with Gasteiger partial charge in [-0.25, -0.2) is 13.6 Å². The van der Waals surface area contributed by atoms with E-state index in [1.54, 1.807) is 0 Å². The Kier molecular flexibility index (Phi) is 3.36. The highest BCUT2D eigenvalue weighted by Crippen LogP contribution is 2.25. The summed E-state index contributed by atoms with van der Waals surface area (Å²) in [4.78, 5) is 21.3. The van der Waals surface area contributed by atoms with E-state index in [-0.39, 0.29) is 16.1 Å². The van der Waals surface area contributed by atoms with Crippen LogP contribution in [-0.2, 0) is 4.79 Å². The molecule has 0 aliphatic rings. The maximum absolute atomic E-state index is 12.2. The molecule has 1 N–H and O–H groups in total. The second-order valence-electron chi connectivity index (χ2n) is 2.67. The van der Waals surface area contributed by atoms with Crippen LogP contribution in [0.4, 0.5) is 8.78 Å². The molecule has 3 nitrogen and oxygen atoms in total. The van der Waals surface area contributed by atoms with E-state index in [1.165, 1.54) is 0 Å². The first-order valence-corrected chi connectivity index (χ1v) is 4.16. The van der Waals surface area contributed by atoms with Gasteiger partial charge in [0.25, 0.3) is 12.2 Å². The summed E-state index contributed by atoms with van der Waals surface area (Å²) in [5, 5.41) is 8.09. The monoisotopic (exact) mass is 234 g/mol. The molecule has 1 aromatic carbocycles. The van der Waals surface area contributed by atoms with Gasteiger partial charge in [-0.2, -0.15) is 0 Å². The number of benzene rings is 1. The minimum atomic E-state index is -2.71. The summed E-state index contributed by atoms with van der Waals surface area (Å²) >= 11 is 5.49. The van der Waals surface area contributed by atoms with Crippen LogP contribution in [-0.4, -0.2) is 16.9 Å². The lowest BCUT2D eigenvalue weighted by Gasteiger charge is -2.03. The Morgan fingerprint density at radius 2 is 1.93 bits per heavy atom.